The number of ether oxygens (including phenoxy) is 1. The van der Waals surface area contributed by atoms with Gasteiger partial charge < -0.3 is 20.8 Å². The number of benzene rings is 1. The summed E-state index contributed by atoms with van der Waals surface area (Å²) in [5.74, 6) is 0. The van der Waals surface area contributed by atoms with Gasteiger partial charge in [-0.05, 0) is 23.1 Å². The standard InChI is InChI=1S/C12H15N3O2/c13-12(16)17-6-5-14-8-9-1-2-10-3-4-15-11(10)7-9/h1-4,7,14-15H,5-6,8H2,(H2,13,16). The van der Waals surface area contributed by atoms with Crippen molar-refractivity contribution in [3.63, 3.8) is 0 Å². The lowest BCUT2D eigenvalue weighted by Crippen LogP contribution is -2.23. The van der Waals surface area contributed by atoms with Gasteiger partial charge in [0.05, 0.1) is 0 Å². The summed E-state index contributed by atoms with van der Waals surface area (Å²) < 4.78 is 4.61. The zero-order valence-electron chi connectivity index (χ0n) is 9.40. The van der Waals surface area contributed by atoms with E-state index in [1.54, 1.807) is 0 Å². The first kappa shape index (κ1) is 11.5. The van der Waals surface area contributed by atoms with E-state index in [1.807, 2.05) is 12.3 Å². The molecule has 1 heterocycles. The van der Waals surface area contributed by atoms with Crippen LogP contribution in [0.2, 0.25) is 0 Å². The number of H-pyrrole nitrogens is 1. The zero-order valence-corrected chi connectivity index (χ0v) is 9.40. The number of primary amides is 1. The van der Waals surface area contributed by atoms with Crippen molar-refractivity contribution in [3.05, 3.63) is 36.0 Å². The average Bonchev–Trinajstić information content (AvgIpc) is 2.75. The van der Waals surface area contributed by atoms with Crippen LogP contribution in [0.5, 0.6) is 0 Å². The van der Waals surface area contributed by atoms with Crippen LogP contribution in [0.25, 0.3) is 10.9 Å². The fourth-order valence-corrected chi connectivity index (χ4v) is 1.66. The Hall–Kier alpha value is -2.01. The molecule has 17 heavy (non-hydrogen) atoms. The molecule has 0 bridgehead atoms. The molecule has 0 aliphatic rings. The number of nitrogens with two attached hydrogens (primary N) is 1. The highest BCUT2D eigenvalue weighted by Crippen LogP contribution is 2.13. The number of aromatic nitrogens is 1. The maximum atomic E-state index is 10.3. The summed E-state index contributed by atoms with van der Waals surface area (Å²) in [5, 5.41) is 4.37. The number of aromatic amines is 1. The third-order valence-electron chi connectivity index (χ3n) is 2.47. The van der Waals surface area contributed by atoms with Crippen LogP contribution in [0, 0.1) is 0 Å². The monoisotopic (exact) mass is 233 g/mol. The Balaban J connectivity index is 1.80. The van der Waals surface area contributed by atoms with E-state index in [4.69, 9.17) is 5.73 Å². The van der Waals surface area contributed by atoms with E-state index in [1.165, 1.54) is 10.9 Å². The number of hydrogen-bond donors (Lipinski definition) is 3. The lowest BCUT2D eigenvalue weighted by atomic mass is 10.1. The second-order valence-corrected chi connectivity index (χ2v) is 3.74. The third-order valence-corrected chi connectivity index (χ3v) is 2.47. The second-order valence-electron chi connectivity index (χ2n) is 3.74. The number of carbonyl (C=O) groups excluding carboxylic acids is 1. The molecule has 2 aromatic rings. The van der Waals surface area contributed by atoms with Crippen molar-refractivity contribution >= 4 is 17.0 Å². The van der Waals surface area contributed by atoms with Gasteiger partial charge in [0.15, 0.2) is 0 Å². The van der Waals surface area contributed by atoms with Crippen molar-refractivity contribution < 1.29 is 9.53 Å². The van der Waals surface area contributed by atoms with Crippen LogP contribution in [-0.4, -0.2) is 24.2 Å². The summed E-state index contributed by atoms with van der Waals surface area (Å²) in [7, 11) is 0. The van der Waals surface area contributed by atoms with Gasteiger partial charge in [0.2, 0.25) is 0 Å². The number of hydrogen-bond acceptors (Lipinski definition) is 3. The van der Waals surface area contributed by atoms with Crippen LogP contribution >= 0.6 is 0 Å². The molecule has 5 heteroatoms. The molecule has 0 fully saturated rings. The molecule has 0 unspecified atom stereocenters. The second kappa shape index (κ2) is 5.36. The first-order valence-corrected chi connectivity index (χ1v) is 5.44. The summed E-state index contributed by atoms with van der Waals surface area (Å²) >= 11 is 0. The Morgan fingerprint density at radius 3 is 3.12 bits per heavy atom. The first-order valence-electron chi connectivity index (χ1n) is 5.44. The molecule has 1 aromatic heterocycles. The number of fused-ring (bicyclic) bond motifs is 1. The third kappa shape index (κ3) is 3.22. The van der Waals surface area contributed by atoms with Gasteiger partial charge in [-0.1, -0.05) is 12.1 Å². The lowest BCUT2D eigenvalue weighted by Gasteiger charge is -2.05. The minimum absolute atomic E-state index is 0.292. The normalized spacial score (nSPS) is 10.6. The summed E-state index contributed by atoms with van der Waals surface area (Å²) in [4.78, 5) is 13.5. The predicted octanol–water partition coefficient (Wildman–Crippen LogP) is 1.35. The van der Waals surface area contributed by atoms with Crippen LogP contribution in [-0.2, 0) is 11.3 Å². The highest BCUT2D eigenvalue weighted by molar-refractivity contribution is 5.79. The molecule has 0 aliphatic carbocycles. The van der Waals surface area contributed by atoms with Gasteiger partial charge in [-0.15, -0.1) is 0 Å². The van der Waals surface area contributed by atoms with Crippen molar-refractivity contribution in [2.75, 3.05) is 13.2 Å². The van der Waals surface area contributed by atoms with Crippen molar-refractivity contribution in [2.24, 2.45) is 5.73 Å². The quantitative estimate of drug-likeness (QED) is 0.682. The van der Waals surface area contributed by atoms with Gasteiger partial charge in [-0.2, -0.15) is 0 Å². The van der Waals surface area contributed by atoms with E-state index in [2.05, 4.69) is 33.2 Å². The van der Waals surface area contributed by atoms with Gasteiger partial charge in [0, 0.05) is 24.8 Å². The van der Waals surface area contributed by atoms with Crippen LogP contribution in [0.15, 0.2) is 30.5 Å². The zero-order chi connectivity index (χ0) is 12.1. The molecule has 5 nitrogen and oxygen atoms in total. The van der Waals surface area contributed by atoms with Gasteiger partial charge in [-0.25, -0.2) is 4.79 Å². The van der Waals surface area contributed by atoms with E-state index in [-0.39, 0.29) is 0 Å². The summed E-state index contributed by atoms with van der Waals surface area (Å²) in [6, 6.07) is 8.27. The van der Waals surface area contributed by atoms with Gasteiger partial charge in [0.1, 0.15) is 6.61 Å². The molecule has 90 valence electrons. The predicted molar refractivity (Wildman–Crippen MR) is 65.5 cm³/mol. The molecule has 0 radical (unpaired) electrons. The molecule has 0 aliphatic heterocycles. The Kier molecular flexibility index (Phi) is 3.62. The summed E-state index contributed by atoms with van der Waals surface area (Å²) in [6.07, 6.45) is 1.18. The number of nitrogens with one attached hydrogen (secondary N) is 2. The Bertz CT molecular complexity index is 507. The van der Waals surface area contributed by atoms with Crippen molar-refractivity contribution in [1.82, 2.24) is 10.3 Å². The lowest BCUT2D eigenvalue weighted by molar-refractivity contribution is 0.157. The van der Waals surface area contributed by atoms with Crippen molar-refractivity contribution in [3.8, 4) is 0 Å². The number of amides is 1. The molecular weight excluding hydrogens is 218 g/mol. The highest BCUT2D eigenvalue weighted by atomic mass is 16.5. The molecule has 0 saturated heterocycles. The van der Waals surface area contributed by atoms with E-state index in [0.29, 0.717) is 13.2 Å². The number of carbonyl (C=O) groups is 1. The van der Waals surface area contributed by atoms with Crippen LogP contribution in [0.3, 0.4) is 0 Å². The Morgan fingerprint density at radius 1 is 1.41 bits per heavy atom. The molecule has 1 aromatic carbocycles. The SMILES string of the molecule is NC(=O)OCCNCc1ccc2cc[nH]c2c1. The van der Waals surface area contributed by atoms with Crippen LogP contribution < -0.4 is 11.1 Å². The van der Waals surface area contributed by atoms with E-state index < -0.39 is 6.09 Å². The van der Waals surface area contributed by atoms with E-state index in [0.717, 1.165) is 12.1 Å². The Labute approximate surface area is 98.9 Å². The van der Waals surface area contributed by atoms with Crippen molar-refractivity contribution in [1.29, 1.82) is 0 Å². The first-order chi connectivity index (χ1) is 8.25. The molecule has 4 N–H and O–H groups in total. The fraction of sp³-hybridized carbons (Fsp3) is 0.250. The molecule has 0 atom stereocenters. The Morgan fingerprint density at radius 2 is 2.29 bits per heavy atom. The smallest absolute Gasteiger partial charge is 0.404 e. The van der Waals surface area contributed by atoms with Crippen LogP contribution in [0.1, 0.15) is 5.56 Å². The molecular formula is C12H15N3O2. The molecule has 0 spiro atoms. The van der Waals surface area contributed by atoms with Crippen LogP contribution in [0.4, 0.5) is 4.79 Å². The maximum Gasteiger partial charge on any atom is 0.404 e. The van der Waals surface area contributed by atoms with Gasteiger partial charge in [-0.3, -0.25) is 0 Å². The number of rotatable bonds is 5. The topological polar surface area (TPSA) is 80.1 Å². The van der Waals surface area contributed by atoms with Gasteiger partial charge in [0.25, 0.3) is 0 Å². The summed E-state index contributed by atoms with van der Waals surface area (Å²) in [6.45, 7) is 1.61. The summed E-state index contributed by atoms with van der Waals surface area (Å²) in [5.41, 5.74) is 7.15. The molecule has 0 saturated carbocycles. The minimum Gasteiger partial charge on any atom is -0.448 e. The van der Waals surface area contributed by atoms with Gasteiger partial charge >= 0.3 is 6.09 Å². The largest absolute Gasteiger partial charge is 0.448 e. The molecule has 1 amide bonds. The molecule has 2 rings (SSSR count). The fourth-order valence-electron chi connectivity index (χ4n) is 1.66. The van der Waals surface area contributed by atoms with Crippen molar-refractivity contribution in [2.45, 2.75) is 6.54 Å². The van der Waals surface area contributed by atoms with E-state index >= 15 is 0 Å². The minimum atomic E-state index is -0.736. The van der Waals surface area contributed by atoms with E-state index in [9.17, 15) is 4.79 Å². The average molecular weight is 233 g/mol. The maximum absolute atomic E-state index is 10.3. The highest BCUT2D eigenvalue weighted by Gasteiger charge is 1.97.